The molecule has 7 nitrogen and oxygen atoms in total. The second kappa shape index (κ2) is 6.55. The van der Waals surface area contributed by atoms with Gasteiger partial charge in [-0.3, -0.25) is 9.59 Å². The standard InChI is InChI=1S/C13H17N3O4/c1-8-3-4-9(2)10(5-8)15-13(20)16(6-11(14)17)7-12(18)19/h3-5H,6-7H2,1-2H3,(H2,14,17)(H,15,20)(H,18,19). The van der Waals surface area contributed by atoms with E-state index < -0.39 is 31.0 Å². The lowest BCUT2D eigenvalue weighted by Gasteiger charge is -2.20. The summed E-state index contributed by atoms with van der Waals surface area (Å²) in [6.07, 6.45) is 0. The highest BCUT2D eigenvalue weighted by Crippen LogP contribution is 2.16. The first kappa shape index (κ1) is 15.5. The maximum atomic E-state index is 12.0. The Morgan fingerprint density at radius 3 is 2.45 bits per heavy atom. The van der Waals surface area contributed by atoms with E-state index in [1.54, 1.807) is 6.07 Å². The van der Waals surface area contributed by atoms with Crippen LogP contribution in [0.25, 0.3) is 0 Å². The van der Waals surface area contributed by atoms with Gasteiger partial charge in [0.25, 0.3) is 0 Å². The highest BCUT2D eigenvalue weighted by Gasteiger charge is 2.19. The van der Waals surface area contributed by atoms with E-state index in [0.29, 0.717) is 5.69 Å². The van der Waals surface area contributed by atoms with Crippen molar-refractivity contribution in [2.75, 3.05) is 18.4 Å². The highest BCUT2D eigenvalue weighted by atomic mass is 16.4. The van der Waals surface area contributed by atoms with Crippen molar-refractivity contribution in [3.63, 3.8) is 0 Å². The summed E-state index contributed by atoms with van der Waals surface area (Å²) in [5.41, 5.74) is 7.35. The molecule has 108 valence electrons. The van der Waals surface area contributed by atoms with Gasteiger partial charge < -0.3 is 21.1 Å². The quantitative estimate of drug-likeness (QED) is 0.736. The normalized spacial score (nSPS) is 9.90. The average Bonchev–Trinajstić information content (AvgIpc) is 2.31. The Hall–Kier alpha value is -2.57. The number of primary amides is 1. The van der Waals surface area contributed by atoms with Crippen molar-refractivity contribution in [1.82, 2.24) is 4.90 Å². The summed E-state index contributed by atoms with van der Waals surface area (Å²) >= 11 is 0. The van der Waals surface area contributed by atoms with Gasteiger partial charge in [0.2, 0.25) is 5.91 Å². The number of carbonyl (C=O) groups is 3. The number of nitrogens with two attached hydrogens (primary N) is 1. The smallest absolute Gasteiger partial charge is 0.323 e. The van der Waals surface area contributed by atoms with Crippen LogP contribution in [0, 0.1) is 13.8 Å². The number of nitrogens with one attached hydrogen (secondary N) is 1. The Morgan fingerprint density at radius 1 is 1.25 bits per heavy atom. The first-order valence-electron chi connectivity index (χ1n) is 5.93. The van der Waals surface area contributed by atoms with Crippen LogP contribution in [0.15, 0.2) is 18.2 Å². The summed E-state index contributed by atoms with van der Waals surface area (Å²) in [6, 6.07) is 4.81. The number of rotatable bonds is 5. The Bertz CT molecular complexity index is 526. The van der Waals surface area contributed by atoms with E-state index in [9.17, 15) is 14.4 Å². The molecule has 0 fully saturated rings. The van der Waals surface area contributed by atoms with Crippen LogP contribution in [-0.2, 0) is 9.59 Å². The topological polar surface area (TPSA) is 113 Å². The molecule has 0 bridgehead atoms. The largest absolute Gasteiger partial charge is 0.480 e. The highest BCUT2D eigenvalue weighted by molar-refractivity contribution is 5.94. The first-order valence-corrected chi connectivity index (χ1v) is 5.93. The third-order valence-corrected chi connectivity index (χ3v) is 2.59. The van der Waals surface area contributed by atoms with Crippen molar-refractivity contribution in [3.8, 4) is 0 Å². The summed E-state index contributed by atoms with van der Waals surface area (Å²) in [7, 11) is 0. The average molecular weight is 279 g/mol. The van der Waals surface area contributed by atoms with Crippen LogP contribution >= 0.6 is 0 Å². The SMILES string of the molecule is Cc1ccc(C)c(NC(=O)N(CC(N)=O)CC(=O)O)c1. The maximum Gasteiger partial charge on any atom is 0.323 e. The number of amides is 3. The number of anilines is 1. The minimum atomic E-state index is -1.22. The number of urea groups is 1. The Balaban J connectivity index is 2.86. The molecule has 0 spiro atoms. The van der Waals surface area contributed by atoms with Gasteiger partial charge in [0.05, 0.1) is 0 Å². The van der Waals surface area contributed by atoms with Crippen molar-refractivity contribution < 1.29 is 19.5 Å². The zero-order valence-electron chi connectivity index (χ0n) is 11.3. The van der Waals surface area contributed by atoms with Gasteiger partial charge in [0, 0.05) is 5.69 Å². The Morgan fingerprint density at radius 2 is 1.90 bits per heavy atom. The van der Waals surface area contributed by atoms with E-state index in [2.05, 4.69) is 5.32 Å². The minimum Gasteiger partial charge on any atom is -0.480 e. The fraction of sp³-hybridized carbons (Fsp3) is 0.308. The molecule has 0 atom stereocenters. The number of aryl methyl sites for hydroxylation is 2. The van der Waals surface area contributed by atoms with Gasteiger partial charge in [-0.05, 0) is 31.0 Å². The van der Waals surface area contributed by atoms with E-state index in [4.69, 9.17) is 10.8 Å². The van der Waals surface area contributed by atoms with Crippen LogP contribution in [0.2, 0.25) is 0 Å². The molecule has 3 amide bonds. The molecule has 0 heterocycles. The second-order valence-corrected chi connectivity index (χ2v) is 4.46. The lowest BCUT2D eigenvalue weighted by Crippen LogP contribution is -2.43. The molecular weight excluding hydrogens is 262 g/mol. The number of carboxylic acids is 1. The number of carboxylic acid groups (broad SMARTS) is 1. The second-order valence-electron chi connectivity index (χ2n) is 4.46. The number of hydrogen-bond donors (Lipinski definition) is 3. The van der Waals surface area contributed by atoms with Crippen molar-refractivity contribution in [1.29, 1.82) is 0 Å². The third-order valence-electron chi connectivity index (χ3n) is 2.59. The molecular formula is C13H17N3O4. The molecule has 0 aromatic heterocycles. The van der Waals surface area contributed by atoms with Gasteiger partial charge in [-0.2, -0.15) is 0 Å². The molecule has 7 heteroatoms. The van der Waals surface area contributed by atoms with Crippen LogP contribution in [0.1, 0.15) is 11.1 Å². The van der Waals surface area contributed by atoms with Gasteiger partial charge in [0.1, 0.15) is 13.1 Å². The van der Waals surface area contributed by atoms with E-state index in [0.717, 1.165) is 16.0 Å². The van der Waals surface area contributed by atoms with Gasteiger partial charge in [-0.15, -0.1) is 0 Å². The lowest BCUT2D eigenvalue weighted by molar-refractivity contribution is -0.137. The van der Waals surface area contributed by atoms with Crippen LogP contribution in [-0.4, -0.2) is 41.0 Å². The summed E-state index contributed by atoms with van der Waals surface area (Å²) in [5.74, 6) is -2.00. The predicted molar refractivity (Wildman–Crippen MR) is 73.3 cm³/mol. The van der Waals surface area contributed by atoms with Gasteiger partial charge >= 0.3 is 12.0 Å². The minimum absolute atomic E-state index is 0.455. The fourth-order valence-corrected chi connectivity index (χ4v) is 1.62. The molecule has 0 saturated carbocycles. The maximum absolute atomic E-state index is 12.0. The molecule has 4 N–H and O–H groups in total. The van der Waals surface area contributed by atoms with E-state index in [1.807, 2.05) is 26.0 Å². The molecule has 20 heavy (non-hydrogen) atoms. The third kappa shape index (κ3) is 4.60. The number of benzene rings is 1. The number of nitrogens with zero attached hydrogens (tertiary/aromatic N) is 1. The van der Waals surface area contributed by atoms with Crippen LogP contribution in [0.3, 0.4) is 0 Å². The molecule has 1 aromatic rings. The van der Waals surface area contributed by atoms with Crippen molar-refractivity contribution in [2.24, 2.45) is 5.73 Å². The van der Waals surface area contributed by atoms with Gasteiger partial charge in [0.15, 0.2) is 0 Å². The Labute approximate surface area is 116 Å². The zero-order chi connectivity index (χ0) is 15.3. The van der Waals surface area contributed by atoms with Crippen LogP contribution < -0.4 is 11.1 Å². The molecule has 0 radical (unpaired) electrons. The Kier molecular flexibility index (Phi) is 5.08. The predicted octanol–water partition coefficient (Wildman–Crippen LogP) is 0.707. The molecule has 0 aliphatic rings. The number of carbonyl (C=O) groups excluding carboxylic acids is 2. The summed E-state index contributed by atoms with van der Waals surface area (Å²) < 4.78 is 0. The van der Waals surface area contributed by atoms with E-state index >= 15 is 0 Å². The molecule has 0 unspecified atom stereocenters. The van der Waals surface area contributed by atoms with Crippen molar-refractivity contribution in [2.45, 2.75) is 13.8 Å². The number of hydrogen-bond acceptors (Lipinski definition) is 3. The monoisotopic (exact) mass is 279 g/mol. The molecule has 1 aromatic carbocycles. The van der Waals surface area contributed by atoms with Crippen LogP contribution in [0.4, 0.5) is 10.5 Å². The van der Waals surface area contributed by atoms with Crippen molar-refractivity contribution in [3.05, 3.63) is 29.3 Å². The number of aliphatic carboxylic acids is 1. The van der Waals surface area contributed by atoms with Gasteiger partial charge in [-0.1, -0.05) is 12.1 Å². The summed E-state index contributed by atoms with van der Waals surface area (Å²) in [6.45, 7) is 2.63. The van der Waals surface area contributed by atoms with Gasteiger partial charge in [-0.25, -0.2) is 4.79 Å². The molecule has 0 saturated heterocycles. The molecule has 0 aliphatic carbocycles. The van der Waals surface area contributed by atoms with E-state index in [1.165, 1.54) is 0 Å². The first-order chi connectivity index (χ1) is 9.29. The zero-order valence-corrected chi connectivity index (χ0v) is 11.3. The summed E-state index contributed by atoms with van der Waals surface area (Å²) in [5, 5.41) is 11.3. The fourth-order valence-electron chi connectivity index (χ4n) is 1.62. The summed E-state index contributed by atoms with van der Waals surface area (Å²) in [4.78, 5) is 34.4. The lowest BCUT2D eigenvalue weighted by atomic mass is 10.1. The van der Waals surface area contributed by atoms with Crippen LogP contribution in [0.5, 0.6) is 0 Å². The molecule has 0 aliphatic heterocycles. The molecule has 1 rings (SSSR count). The van der Waals surface area contributed by atoms with E-state index in [-0.39, 0.29) is 0 Å². The van der Waals surface area contributed by atoms with Crippen molar-refractivity contribution >= 4 is 23.6 Å².